The van der Waals surface area contributed by atoms with Gasteiger partial charge in [0.1, 0.15) is 0 Å². The first-order valence-electron chi connectivity index (χ1n) is 3.79. The number of benzene rings is 1. The van der Waals surface area contributed by atoms with Gasteiger partial charge in [0.25, 0.3) is 0 Å². The van der Waals surface area contributed by atoms with Crippen LogP contribution in [0.3, 0.4) is 0 Å². The zero-order valence-corrected chi connectivity index (χ0v) is 7.85. The molecule has 1 aromatic rings. The predicted molar refractivity (Wildman–Crippen MR) is 56.7 cm³/mol. The largest absolute Gasteiger partial charge is 0.143 e. The third-order valence-electron chi connectivity index (χ3n) is 1.45. The third kappa shape index (κ3) is 3.69. The lowest BCUT2D eigenvalue weighted by Crippen LogP contribution is -1.72. The highest BCUT2D eigenvalue weighted by Gasteiger charge is 1.85. The summed E-state index contributed by atoms with van der Waals surface area (Å²) in [7, 11) is 0. The van der Waals surface area contributed by atoms with Crippen molar-refractivity contribution < 1.29 is 0 Å². The minimum Gasteiger partial charge on any atom is -0.143 e. The second kappa shape index (κ2) is 5.30. The molecular weight excluding hydrogens is 182 g/mol. The fourth-order valence-electron chi connectivity index (χ4n) is 0.858. The van der Waals surface area contributed by atoms with Gasteiger partial charge in [-0.3, -0.25) is 0 Å². The molecule has 0 heterocycles. The molecule has 0 saturated carbocycles. The van der Waals surface area contributed by atoms with Gasteiger partial charge < -0.3 is 0 Å². The average Bonchev–Trinajstić information content (AvgIpc) is 2.15. The van der Waals surface area contributed by atoms with E-state index < -0.39 is 0 Å². The van der Waals surface area contributed by atoms with E-state index in [0.717, 1.165) is 10.5 Å². The summed E-state index contributed by atoms with van der Waals surface area (Å²) < 4.78 is 0. The van der Waals surface area contributed by atoms with E-state index in [1.807, 2.05) is 36.4 Å². The predicted octanol–water partition coefficient (Wildman–Crippen LogP) is 3.30. The average molecular weight is 191 g/mol. The van der Waals surface area contributed by atoms with E-state index in [-0.39, 0.29) is 0 Å². The molecule has 4 heteroatoms. The summed E-state index contributed by atoms with van der Waals surface area (Å²) in [5.74, 6) is 0. The van der Waals surface area contributed by atoms with Crippen LogP contribution in [0.25, 0.3) is 16.5 Å². The molecule has 0 N–H and O–H groups in total. The van der Waals surface area contributed by atoms with Gasteiger partial charge in [-0.2, -0.15) is 0 Å². The van der Waals surface area contributed by atoms with Gasteiger partial charge in [-0.25, -0.2) is 0 Å². The molecule has 0 fully saturated rings. The van der Waals surface area contributed by atoms with Crippen molar-refractivity contribution in [1.82, 2.24) is 0 Å². The standard InChI is InChI=1S/C9H9N3S/c10-12-11-7-1-2-8-3-5-9(13)6-4-8/h1-6,13H,7H2. The fraction of sp³-hybridized carbons (Fsp3) is 0.111. The van der Waals surface area contributed by atoms with Crippen molar-refractivity contribution in [2.75, 3.05) is 6.54 Å². The Morgan fingerprint density at radius 3 is 2.69 bits per heavy atom. The van der Waals surface area contributed by atoms with Crippen LogP contribution in [-0.4, -0.2) is 6.54 Å². The van der Waals surface area contributed by atoms with Gasteiger partial charge in [-0.05, 0) is 23.2 Å². The van der Waals surface area contributed by atoms with Gasteiger partial charge in [0.15, 0.2) is 0 Å². The van der Waals surface area contributed by atoms with Crippen molar-refractivity contribution in [3.05, 3.63) is 46.3 Å². The Bertz CT molecular complexity index is 336. The topological polar surface area (TPSA) is 48.8 Å². The molecule has 0 aromatic heterocycles. The first-order chi connectivity index (χ1) is 6.33. The molecule has 0 spiro atoms. The molecule has 3 nitrogen and oxygen atoms in total. The highest BCUT2D eigenvalue weighted by molar-refractivity contribution is 7.80. The van der Waals surface area contributed by atoms with Crippen LogP contribution in [-0.2, 0) is 0 Å². The molecule has 0 amide bonds. The monoisotopic (exact) mass is 191 g/mol. The van der Waals surface area contributed by atoms with E-state index in [1.54, 1.807) is 0 Å². The fourth-order valence-corrected chi connectivity index (χ4v) is 1.01. The molecule has 0 atom stereocenters. The minimum absolute atomic E-state index is 0.388. The lowest BCUT2D eigenvalue weighted by molar-refractivity contribution is 1.22. The first-order valence-corrected chi connectivity index (χ1v) is 4.24. The van der Waals surface area contributed by atoms with Crippen molar-refractivity contribution in [3.63, 3.8) is 0 Å². The van der Waals surface area contributed by atoms with Crippen molar-refractivity contribution in [2.24, 2.45) is 5.11 Å². The van der Waals surface area contributed by atoms with Crippen LogP contribution in [0.2, 0.25) is 0 Å². The van der Waals surface area contributed by atoms with Crippen molar-refractivity contribution in [1.29, 1.82) is 0 Å². The molecule has 0 saturated heterocycles. The summed E-state index contributed by atoms with van der Waals surface area (Å²) in [6, 6.07) is 7.73. The van der Waals surface area contributed by atoms with Crippen molar-refractivity contribution in [2.45, 2.75) is 4.90 Å². The summed E-state index contributed by atoms with van der Waals surface area (Å²) in [5.41, 5.74) is 9.09. The van der Waals surface area contributed by atoms with Crippen LogP contribution in [0.4, 0.5) is 0 Å². The summed E-state index contributed by atoms with van der Waals surface area (Å²) in [4.78, 5) is 3.58. The Labute approximate surface area is 82.1 Å². The van der Waals surface area contributed by atoms with Crippen LogP contribution in [0.15, 0.2) is 40.4 Å². The van der Waals surface area contributed by atoms with E-state index in [9.17, 15) is 0 Å². The molecule has 0 aliphatic carbocycles. The van der Waals surface area contributed by atoms with E-state index in [4.69, 9.17) is 5.53 Å². The summed E-state index contributed by atoms with van der Waals surface area (Å²) in [6.45, 7) is 0.388. The number of hydrogen-bond acceptors (Lipinski definition) is 2. The van der Waals surface area contributed by atoms with Gasteiger partial charge in [0.2, 0.25) is 0 Å². The van der Waals surface area contributed by atoms with Gasteiger partial charge in [0, 0.05) is 16.4 Å². The van der Waals surface area contributed by atoms with Gasteiger partial charge in [-0.1, -0.05) is 29.4 Å². The Hall–Kier alpha value is -1.38. The molecule has 66 valence electrons. The van der Waals surface area contributed by atoms with Crippen LogP contribution in [0, 0.1) is 0 Å². The highest BCUT2D eigenvalue weighted by atomic mass is 32.1. The summed E-state index contributed by atoms with van der Waals surface area (Å²) >= 11 is 4.17. The second-order valence-electron chi connectivity index (χ2n) is 2.41. The van der Waals surface area contributed by atoms with Crippen LogP contribution in [0.5, 0.6) is 0 Å². The maximum atomic E-state index is 8.01. The number of thiol groups is 1. The molecule has 0 aliphatic heterocycles. The zero-order chi connectivity index (χ0) is 9.52. The summed E-state index contributed by atoms with van der Waals surface area (Å²) in [5, 5.41) is 3.38. The summed E-state index contributed by atoms with van der Waals surface area (Å²) in [6.07, 6.45) is 3.72. The van der Waals surface area contributed by atoms with E-state index in [1.165, 1.54) is 0 Å². The molecule has 0 bridgehead atoms. The molecule has 0 aliphatic rings. The second-order valence-corrected chi connectivity index (χ2v) is 2.92. The van der Waals surface area contributed by atoms with Crippen LogP contribution in [0.1, 0.15) is 5.56 Å². The third-order valence-corrected chi connectivity index (χ3v) is 1.75. The lowest BCUT2D eigenvalue weighted by Gasteiger charge is -1.92. The molecule has 1 rings (SSSR count). The van der Waals surface area contributed by atoms with Crippen molar-refractivity contribution >= 4 is 18.7 Å². The minimum atomic E-state index is 0.388. The highest BCUT2D eigenvalue weighted by Crippen LogP contribution is 2.08. The zero-order valence-electron chi connectivity index (χ0n) is 6.96. The Balaban J connectivity index is 2.58. The molecule has 0 radical (unpaired) electrons. The van der Waals surface area contributed by atoms with E-state index >= 15 is 0 Å². The number of hydrogen-bond donors (Lipinski definition) is 1. The lowest BCUT2D eigenvalue weighted by atomic mass is 10.2. The maximum absolute atomic E-state index is 8.01. The normalized spacial score (nSPS) is 9.92. The van der Waals surface area contributed by atoms with Crippen LogP contribution >= 0.6 is 12.6 Å². The Morgan fingerprint density at radius 2 is 2.08 bits per heavy atom. The first kappa shape index (κ1) is 9.71. The number of rotatable bonds is 3. The number of nitrogens with zero attached hydrogens (tertiary/aromatic N) is 3. The molecule has 0 unspecified atom stereocenters. The quantitative estimate of drug-likeness (QED) is 0.330. The van der Waals surface area contributed by atoms with E-state index in [0.29, 0.717) is 6.54 Å². The number of azide groups is 1. The van der Waals surface area contributed by atoms with Gasteiger partial charge in [-0.15, -0.1) is 12.6 Å². The molecule has 1 aromatic carbocycles. The molecule has 13 heavy (non-hydrogen) atoms. The Morgan fingerprint density at radius 1 is 1.38 bits per heavy atom. The Kier molecular flexibility index (Phi) is 3.96. The van der Waals surface area contributed by atoms with Gasteiger partial charge >= 0.3 is 0 Å². The maximum Gasteiger partial charge on any atom is 0.0443 e. The van der Waals surface area contributed by atoms with Gasteiger partial charge in [0.05, 0.1) is 0 Å². The van der Waals surface area contributed by atoms with Crippen LogP contribution < -0.4 is 0 Å². The molecular formula is C9H9N3S. The van der Waals surface area contributed by atoms with Crippen molar-refractivity contribution in [3.8, 4) is 0 Å². The van der Waals surface area contributed by atoms with E-state index in [2.05, 4.69) is 22.7 Å². The smallest absolute Gasteiger partial charge is 0.0443 e. The SMILES string of the molecule is [N-]=[N+]=NCC=Cc1ccc(S)cc1.